The summed E-state index contributed by atoms with van der Waals surface area (Å²) in [5, 5.41) is 24.1. The Morgan fingerprint density at radius 2 is 2.00 bits per heavy atom. The average Bonchev–Trinajstić information content (AvgIpc) is 3.31. The molecule has 1 fully saturated rings. The van der Waals surface area contributed by atoms with E-state index in [1.54, 1.807) is 6.92 Å². The van der Waals surface area contributed by atoms with Gasteiger partial charge in [0, 0.05) is 0 Å². The van der Waals surface area contributed by atoms with Gasteiger partial charge in [-0.25, -0.2) is 14.5 Å². The second-order valence-corrected chi connectivity index (χ2v) is 6.53. The minimum atomic E-state index is -1.37. The maximum atomic E-state index is 12.1. The van der Waals surface area contributed by atoms with Crippen LogP contribution in [-0.2, 0) is 25.6 Å². The standard InChI is InChI=1S/C18H22N4O7/c1-10(27-7-11-5-3-2-4-6-11)18(26)28-8-12-13(23)14(24)17(29-12)22-9-20-16(21-22)15(19)25/h2-6,9-10,12-14,17,23-24H,7-8H2,1H3,(H2,19,25)/t10?,12?,13-,14?,17?/m1/s1. The first-order chi connectivity index (χ1) is 13.9. The average molecular weight is 406 g/mol. The molecule has 2 aromatic rings. The fourth-order valence-electron chi connectivity index (χ4n) is 2.74. The quantitative estimate of drug-likeness (QED) is 0.474. The number of carbonyl (C=O) groups is 2. The van der Waals surface area contributed by atoms with Crippen molar-refractivity contribution in [3.05, 3.63) is 48.0 Å². The lowest BCUT2D eigenvalue weighted by Gasteiger charge is -2.17. The minimum absolute atomic E-state index is 0.245. The van der Waals surface area contributed by atoms with Crippen molar-refractivity contribution in [2.75, 3.05) is 6.61 Å². The highest BCUT2D eigenvalue weighted by molar-refractivity contribution is 5.88. The van der Waals surface area contributed by atoms with Gasteiger partial charge in [-0.2, -0.15) is 0 Å². The maximum Gasteiger partial charge on any atom is 0.335 e. The highest BCUT2D eigenvalue weighted by Crippen LogP contribution is 2.29. The Labute approximate surface area is 166 Å². The third-order valence-corrected chi connectivity index (χ3v) is 4.39. The van der Waals surface area contributed by atoms with E-state index < -0.39 is 42.5 Å². The Bertz CT molecular complexity index is 844. The molecule has 1 aromatic carbocycles. The number of nitrogens with two attached hydrogens (primary N) is 1. The zero-order valence-corrected chi connectivity index (χ0v) is 15.6. The van der Waals surface area contributed by atoms with Gasteiger partial charge < -0.3 is 30.2 Å². The van der Waals surface area contributed by atoms with Gasteiger partial charge in [-0.05, 0) is 12.5 Å². The lowest BCUT2D eigenvalue weighted by Crippen LogP contribution is -2.35. The molecule has 0 bridgehead atoms. The number of rotatable bonds is 8. The third-order valence-electron chi connectivity index (χ3n) is 4.39. The number of aliphatic hydroxyl groups is 2. The first kappa shape index (κ1) is 20.9. The first-order valence-electron chi connectivity index (χ1n) is 8.91. The molecular weight excluding hydrogens is 384 g/mol. The van der Waals surface area contributed by atoms with Gasteiger partial charge in [0.2, 0.25) is 5.82 Å². The van der Waals surface area contributed by atoms with Crippen molar-refractivity contribution in [2.24, 2.45) is 5.73 Å². The van der Waals surface area contributed by atoms with Crippen molar-refractivity contribution >= 4 is 11.9 Å². The Balaban J connectivity index is 1.50. The third kappa shape index (κ3) is 4.95. The monoisotopic (exact) mass is 406 g/mol. The van der Waals surface area contributed by atoms with Gasteiger partial charge in [0.25, 0.3) is 5.91 Å². The SMILES string of the molecule is CC(OCc1ccccc1)C(=O)OCC1OC(n2cnc(C(N)=O)n2)C(O)[C@@H]1O. The Kier molecular flexibility index (Phi) is 6.54. The zero-order chi connectivity index (χ0) is 21.0. The summed E-state index contributed by atoms with van der Waals surface area (Å²) in [5.41, 5.74) is 6.00. The number of amides is 1. The fourth-order valence-corrected chi connectivity index (χ4v) is 2.74. The van der Waals surface area contributed by atoms with E-state index in [9.17, 15) is 19.8 Å². The Hall–Kier alpha value is -2.86. The number of primary amides is 1. The van der Waals surface area contributed by atoms with Gasteiger partial charge in [0.1, 0.15) is 31.2 Å². The van der Waals surface area contributed by atoms with Crippen LogP contribution < -0.4 is 5.73 Å². The number of carbonyl (C=O) groups excluding carboxylic acids is 2. The number of aromatic nitrogens is 3. The fraction of sp³-hybridized carbons (Fsp3) is 0.444. The topological polar surface area (TPSA) is 159 Å². The molecule has 1 aromatic heterocycles. The molecule has 2 heterocycles. The van der Waals surface area contributed by atoms with Gasteiger partial charge in [-0.15, -0.1) is 5.10 Å². The van der Waals surface area contributed by atoms with E-state index >= 15 is 0 Å². The number of benzene rings is 1. The van der Waals surface area contributed by atoms with Crippen LogP contribution in [0.1, 0.15) is 29.3 Å². The zero-order valence-electron chi connectivity index (χ0n) is 15.6. The summed E-state index contributed by atoms with van der Waals surface area (Å²) in [4.78, 5) is 26.9. The van der Waals surface area contributed by atoms with Crippen LogP contribution >= 0.6 is 0 Å². The summed E-state index contributed by atoms with van der Waals surface area (Å²) in [7, 11) is 0. The number of ether oxygens (including phenoxy) is 3. The molecule has 4 N–H and O–H groups in total. The lowest BCUT2D eigenvalue weighted by molar-refractivity contribution is -0.163. The molecule has 1 aliphatic rings. The molecule has 0 aliphatic carbocycles. The van der Waals surface area contributed by atoms with Crippen molar-refractivity contribution in [3.63, 3.8) is 0 Å². The van der Waals surface area contributed by atoms with E-state index in [4.69, 9.17) is 19.9 Å². The van der Waals surface area contributed by atoms with E-state index in [1.807, 2.05) is 30.3 Å². The molecule has 11 nitrogen and oxygen atoms in total. The normalized spacial score (nSPS) is 24.9. The summed E-state index contributed by atoms with van der Waals surface area (Å²) in [5.74, 6) is -1.73. The number of aliphatic hydroxyl groups excluding tert-OH is 2. The maximum absolute atomic E-state index is 12.1. The molecule has 1 aliphatic heterocycles. The van der Waals surface area contributed by atoms with E-state index in [0.29, 0.717) is 0 Å². The highest BCUT2D eigenvalue weighted by Gasteiger charge is 2.45. The molecule has 1 saturated heterocycles. The van der Waals surface area contributed by atoms with Gasteiger partial charge in [-0.3, -0.25) is 4.79 Å². The van der Waals surface area contributed by atoms with Crippen LogP contribution in [0.5, 0.6) is 0 Å². The molecule has 156 valence electrons. The highest BCUT2D eigenvalue weighted by atomic mass is 16.6. The summed E-state index contributed by atoms with van der Waals surface area (Å²) in [6.07, 6.45) is -4.50. The number of hydrogen-bond acceptors (Lipinski definition) is 9. The van der Waals surface area contributed by atoms with E-state index in [2.05, 4.69) is 10.1 Å². The smallest absolute Gasteiger partial charge is 0.335 e. The van der Waals surface area contributed by atoms with E-state index in [-0.39, 0.29) is 19.0 Å². The summed E-state index contributed by atoms with van der Waals surface area (Å²) in [6, 6.07) is 9.35. The summed E-state index contributed by atoms with van der Waals surface area (Å²) in [6.45, 7) is 1.49. The number of esters is 1. The lowest BCUT2D eigenvalue weighted by atomic mass is 10.1. The van der Waals surface area contributed by atoms with Gasteiger partial charge in [-0.1, -0.05) is 30.3 Å². The van der Waals surface area contributed by atoms with Gasteiger partial charge in [0.05, 0.1) is 6.61 Å². The molecule has 11 heteroatoms. The molecular formula is C18H22N4O7. The second kappa shape index (κ2) is 9.09. The van der Waals surface area contributed by atoms with Crippen LogP contribution in [-0.4, -0.2) is 67.9 Å². The first-order valence-corrected chi connectivity index (χ1v) is 8.91. The van der Waals surface area contributed by atoms with Crippen molar-refractivity contribution in [2.45, 2.75) is 44.2 Å². The van der Waals surface area contributed by atoms with Crippen LogP contribution in [0.3, 0.4) is 0 Å². The Morgan fingerprint density at radius 1 is 1.28 bits per heavy atom. The predicted octanol–water partition coefficient (Wildman–Crippen LogP) is -0.855. The summed E-state index contributed by atoms with van der Waals surface area (Å²) >= 11 is 0. The van der Waals surface area contributed by atoms with E-state index in [1.165, 1.54) is 0 Å². The number of hydrogen-bond donors (Lipinski definition) is 3. The van der Waals surface area contributed by atoms with Crippen molar-refractivity contribution in [1.29, 1.82) is 0 Å². The molecule has 3 rings (SSSR count). The second-order valence-electron chi connectivity index (χ2n) is 6.53. The van der Waals surface area contributed by atoms with Crippen LogP contribution in [0, 0.1) is 0 Å². The van der Waals surface area contributed by atoms with Crippen molar-refractivity contribution in [1.82, 2.24) is 14.8 Å². The largest absolute Gasteiger partial charge is 0.461 e. The molecule has 0 radical (unpaired) electrons. The Morgan fingerprint density at radius 3 is 2.66 bits per heavy atom. The molecule has 4 unspecified atom stereocenters. The minimum Gasteiger partial charge on any atom is -0.461 e. The molecule has 0 spiro atoms. The predicted molar refractivity (Wildman–Crippen MR) is 96.1 cm³/mol. The van der Waals surface area contributed by atoms with Crippen LogP contribution in [0.2, 0.25) is 0 Å². The van der Waals surface area contributed by atoms with E-state index in [0.717, 1.165) is 16.6 Å². The van der Waals surface area contributed by atoms with Crippen LogP contribution in [0.15, 0.2) is 36.7 Å². The summed E-state index contributed by atoms with van der Waals surface area (Å²) < 4.78 is 17.2. The molecule has 0 saturated carbocycles. The number of nitrogens with zero attached hydrogens (tertiary/aromatic N) is 3. The van der Waals surface area contributed by atoms with Crippen LogP contribution in [0.4, 0.5) is 0 Å². The molecule has 1 amide bonds. The molecule has 29 heavy (non-hydrogen) atoms. The van der Waals surface area contributed by atoms with Gasteiger partial charge in [0.15, 0.2) is 12.3 Å². The molecule has 5 atom stereocenters. The van der Waals surface area contributed by atoms with Gasteiger partial charge >= 0.3 is 5.97 Å². The van der Waals surface area contributed by atoms with Crippen molar-refractivity contribution < 1.29 is 34.0 Å². The van der Waals surface area contributed by atoms with Crippen LogP contribution in [0.25, 0.3) is 0 Å². The van der Waals surface area contributed by atoms with Crippen molar-refractivity contribution in [3.8, 4) is 0 Å².